The summed E-state index contributed by atoms with van der Waals surface area (Å²) < 4.78 is 16.9. The van der Waals surface area contributed by atoms with Crippen molar-refractivity contribution < 1.29 is 18.4 Å². The van der Waals surface area contributed by atoms with E-state index in [4.69, 9.17) is 13.6 Å². The van der Waals surface area contributed by atoms with Crippen LogP contribution in [-0.4, -0.2) is 22.7 Å². The van der Waals surface area contributed by atoms with Crippen LogP contribution >= 0.6 is 0 Å². The number of carbonyl (C=O) groups is 1. The van der Waals surface area contributed by atoms with Crippen LogP contribution in [0.1, 0.15) is 22.8 Å². The first-order valence-corrected chi connectivity index (χ1v) is 8.52. The van der Waals surface area contributed by atoms with Gasteiger partial charge in [-0.3, -0.25) is 10.1 Å². The molecular weight excluding hydrogens is 346 g/mol. The Labute approximate surface area is 155 Å². The predicted molar refractivity (Wildman–Crippen MR) is 99.8 cm³/mol. The number of hydrogen-bond donors (Lipinski definition) is 1. The third-order valence-electron chi connectivity index (χ3n) is 4.05. The van der Waals surface area contributed by atoms with Gasteiger partial charge in [0.15, 0.2) is 17.1 Å². The second-order valence-electron chi connectivity index (χ2n) is 5.90. The average Bonchev–Trinajstić information content (AvgIpc) is 3.29. The Kier molecular flexibility index (Phi) is 4.33. The van der Waals surface area contributed by atoms with Gasteiger partial charge in [0.1, 0.15) is 0 Å². The Bertz CT molecular complexity index is 1110. The molecule has 0 aliphatic rings. The molecule has 1 N–H and O–H groups in total. The van der Waals surface area contributed by atoms with Crippen LogP contribution in [0.25, 0.3) is 22.6 Å². The fraction of sp³-hybridized carbons (Fsp3) is 0.150. The number of amides is 1. The molecule has 0 radical (unpaired) electrons. The molecular formula is C20H17N3O4. The number of aryl methyl sites for hydroxylation is 1. The maximum absolute atomic E-state index is 12.4. The fourth-order valence-electron chi connectivity index (χ4n) is 2.78. The summed E-state index contributed by atoms with van der Waals surface area (Å²) in [6.45, 7) is 4.30. The van der Waals surface area contributed by atoms with Gasteiger partial charge >= 0.3 is 6.01 Å². The Morgan fingerprint density at radius 2 is 1.96 bits per heavy atom. The highest BCUT2D eigenvalue weighted by atomic mass is 16.5. The number of nitrogens with one attached hydrogen (secondary N) is 1. The van der Waals surface area contributed by atoms with Crippen molar-refractivity contribution in [2.45, 2.75) is 13.8 Å². The summed E-state index contributed by atoms with van der Waals surface area (Å²) in [5.74, 6) is 0.912. The number of fused-ring (bicyclic) bond motifs is 1. The van der Waals surface area contributed by atoms with Gasteiger partial charge in [0.05, 0.1) is 6.61 Å². The zero-order valence-electron chi connectivity index (χ0n) is 14.9. The smallest absolute Gasteiger partial charge is 0.322 e. The van der Waals surface area contributed by atoms with Crippen molar-refractivity contribution in [3.8, 4) is 17.4 Å². The number of para-hydroxylation sites is 1. The zero-order chi connectivity index (χ0) is 18.8. The number of aromatic nitrogens is 2. The standard InChI is InChI=1S/C20H17N3O4/c1-3-25-15-10-6-8-13-11-16(26-17(13)15)19-22-23-20(27-19)21-18(24)14-9-5-4-7-12(14)2/h4-11H,3H2,1-2H3,(H,21,23,24). The van der Waals surface area contributed by atoms with E-state index in [-0.39, 0.29) is 17.8 Å². The summed E-state index contributed by atoms with van der Waals surface area (Å²) in [5.41, 5.74) is 2.01. The molecule has 7 heteroatoms. The molecule has 0 atom stereocenters. The quantitative estimate of drug-likeness (QED) is 0.564. The highest BCUT2D eigenvalue weighted by molar-refractivity contribution is 6.04. The molecule has 2 heterocycles. The van der Waals surface area contributed by atoms with Gasteiger partial charge < -0.3 is 13.6 Å². The van der Waals surface area contributed by atoms with Crippen LogP contribution in [0.15, 0.2) is 57.4 Å². The Balaban J connectivity index is 1.59. The van der Waals surface area contributed by atoms with Crippen LogP contribution in [0.2, 0.25) is 0 Å². The highest BCUT2D eigenvalue weighted by Gasteiger charge is 2.18. The lowest BCUT2D eigenvalue weighted by Crippen LogP contribution is -2.13. The monoisotopic (exact) mass is 363 g/mol. The summed E-state index contributed by atoms with van der Waals surface area (Å²) >= 11 is 0. The van der Waals surface area contributed by atoms with Crippen molar-refractivity contribution in [3.63, 3.8) is 0 Å². The van der Waals surface area contributed by atoms with Gasteiger partial charge in [-0.25, -0.2) is 0 Å². The molecule has 136 valence electrons. The van der Waals surface area contributed by atoms with Crippen LogP contribution in [0, 0.1) is 6.92 Å². The van der Waals surface area contributed by atoms with Crippen LogP contribution in [0.5, 0.6) is 5.75 Å². The van der Waals surface area contributed by atoms with Gasteiger partial charge in [0.25, 0.3) is 11.8 Å². The second-order valence-corrected chi connectivity index (χ2v) is 5.90. The largest absolute Gasteiger partial charge is 0.490 e. The van der Waals surface area contributed by atoms with Crippen molar-refractivity contribution in [2.75, 3.05) is 11.9 Å². The number of furan rings is 1. The number of hydrogen-bond acceptors (Lipinski definition) is 6. The van der Waals surface area contributed by atoms with Crippen molar-refractivity contribution >= 4 is 22.9 Å². The van der Waals surface area contributed by atoms with E-state index in [1.807, 2.05) is 44.2 Å². The van der Waals surface area contributed by atoms with E-state index in [2.05, 4.69) is 15.5 Å². The summed E-state index contributed by atoms with van der Waals surface area (Å²) in [5, 5.41) is 11.3. The van der Waals surface area contributed by atoms with Crippen LogP contribution < -0.4 is 10.1 Å². The maximum Gasteiger partial charge on any atom is 0.322 e. The Hall–Kier alpha value is -3.61. The first-order valence-electron chi connectivity index (χ1n) is 8.52. The summed E-state index contributed by atoms with van der Waals surface area (Å²) in [4.78, 5) is 12.4. The minimum atomic E-state index is -0.313. The third-order valence-corrected chi connectivity index (χ3v) is 4.05. The Morgan fingerprint density at radius 1 is 1.11 bits per heavy atom. The minimum absolute atomic E-state index is 0.00346. The molecule has 4 rings (SSSR count). The van der Waals surface area contributed by atoms with Crippen molar-refractivity contribution in [1.29, 1.82) is 0 Å². The molecule has 7 nitrogen and oxygen atoms in total. The van der Waals surface area contributed by atoms with E-state index in [0.29, 0.717) is 29.3 Å². The highest BCUT2D eigenvalue weighted by Crippen LogP contribution is 2.33. The minimum Gasteiger partial charge on any atom is -0.490 e. The van der Waals surface area contributed by atoms with Crippen LogP contribution in [0.3, 0.4) is 0 Å². The molecule has 0 spiro atoms. The number of rotatable bonds is 5. The summed E-state index contributed by atoms with van der Waals surface area (Å²) in [6, 6.07) is 14.7. The fourth-order valence-corrected chi connectivity index (χ4v) is 2.78. The molecule has 2 aromatic carbocycles. The predicted octanol–water partition coefficient (Wildman–Crippen LogP) is 4.44. The molecule has 4 aromatic rings. The molecule has 1 amide bonds. The third kappa shape index (κ3) is 3.27. The zero-order valence-corrected chi connectivity index (χ0v) is 14.9. The lowest BCUT2D eigenvalue weighted by atomic mass is 10.1. The van der Waals surface area contributed by atoms with Crippen molar-refractivity contribution in [3.05, 3.63) is 59.7 Å². The first-order chi connectivity index (χ1) is 13.2. The normalized spacial score (nSPS) is 10.9. The molecule has 0 saturated heterocycles. The van der Waals surface area contributed by atoms with Gasteiger partial charge in [-0.2, -0.15) is 0 Å². The molecule has 0 aliphatic carbocycles. The SMILES string of the molecule is CCOc1cccc2cc(-c3nnc(NC(=O)c4ccccc4C)o3)oc12. The molecule has 0 aliphatic heterocycles. The second kappa shape index (κ2) is 6.95. The van der Waals surface area contributed by atoms with Gasteiger partial charge in [-0.1, -0.05) is 35.4 Å². The molecule has 27 heavy (non-hydrogen) atoms. The van der Waals surface area contributed by atoms with Gasteiger partial charge in [0.2, 0.25) is 0 Å². The van der Waals surface area contributed by atoms with E-state index in [9.17, 15) is 4.79 Å². The topological polar surface area (TPSA) is 90.4 Å². The number of ether oxygens (including phenoxy) is 1. The number of benzene rings is 2. The van der Waals surface area contributed by atoms with E-state index in [1.165, 1.54) is 0 Å². The summed E-state index contributed by atoms with van der Waals surface area (Å²) in [7, 11) is 0. The number of anilines is 1. The molecule has 0 unspecified atom stereocenters. The molecule has 0 bridgehead atoms. The van der Waals surface area contributed by atoms with Crippen LogP contribution in [0.4, 0.5) is 6.01 Å². The van der Waals surface area contributed by atoms with Crippen molar-refractivity contribution in [1.82, 2.24) is 10.2 Å². The Morgan fingerprint density at radius 3 is 2.78 bits per heavy atom. The number of nitrogens with zero attached hydrogens (tertiary/aromatic N) is 2. The molecule has 0 fully saturated rings. The maximum atomic E-state index is 12.4. The van der Waals surface area contributed by atoms with E-state index in [1.54, 1.807) is 18.2 Å². The molecule has 2 aromatic heterocycles. The lowest BCUT2D eigenvalue weighted by molar-refractivity contribution is 0.102. The summed E-state index contributed by atoms with van der Waals surface area (Å²) in [6.07, 6.45) is 0. The van der Waals surface area contributed by atoms with Crippen LogP contribution in [-0.2, 0) is 0 Å². The number of carbonyl (C=O) groups excluding carboxylic acids is 1. The molecule has 0 saturated carbocycles. The van der Waals surface area contributed by atoms with E-state index < -0.39 is 0 Å². The van der Waals surface area contributed by atoms with E-state index in [0.717, 1.165) is 10.9 Å². The van der Waals surface area contributed by atoms with Gasteiger partial charge in [-0.15, -0.1) is 5.10 Å². The lowest BCUT2D eigenvalue weighted by Gasteiger charge is -2.03. The first kappa shape index (κ1) is 16.8. The average molecular weight is 363 g/mol. The van der Waals surface area contributed by atoms with Gasteiger partial charge in [0, 0.05) is 10.9 Å². The van der Waals surface area contributed by atoms with E-state index >= 15 is 0 Å². The van der Waals surface area contributed by atoms with Gasteiger partial charge in [-0.05, 0) is 37.6 Å². The van der Waals surface area contributed by atoms with Crippen molar-refractivity contribution in [2.24, 2.45) is 0 Å².